The van der Waals surface area contributed by atoms with Gasteiger partial charge in [-0.1, -0.05) is 27.7 Å². The van der Waals surface area contributed by atoms with Gasteiger partial charge in [0.2, 0.25) is 0 Å². The first-order valence-corrected chi connectivity index (χ1v) is 7.51. The lowest BCUT2D eigenvalue weighted by Gasteiger charge is -2.17. The summed E-state index contributed by atoms with van der Waals surface area (Å²) in [5.74, 6) is -0.908. The van der Waals surface area contributed by atoms with Gasteiger partial charge in [-0.2, -0.15) is 0 Å². The number of rotatable bonds is 8. The summed E-state index contributed by atoms with van der Waals surface area (Å²) in [6, 6.07) is 2.68. The summed E-state index contributed by atoms with van der Waals surface area (Å²) in [4.78, 5) is 23.3. The summed E-state index contributed by atoms with van der Waals surface area (Å²) in [6.07, 6.45) is 0. The minimum atomic E-state index is -1.18. The molecule has 0 bridgehead atoms. The fourth-order valence-corrected chi connectivity index (χ4v) is 1.75. The van der Waals surface area contributed by atoms with Crippen LogP contribution in [0.25, 0.3) is 0 Å². The zero-order valence-electron chi connectivity index (χ0n) is 14.2. The van der Waals surface area contributed by atoms with Crippen LogP contribution in [-0.2, 0) is 4.74 Å². The van der Waals surface area contributed by atoms with Gasteiger partial charge in [0, 0.05) is 6.07 Å². The van der Waals surface area contributed by atoms with Crippen LogP contribution in [0.5, 0.6) is 11.5 Å². The number of carboxylic acids is 1. The molecule has 0 aliphatic rings. The van der Waals surface area contributed by atoms with Crippen molar-refractivity contribution in [2.45, 2.75) is 27.7 Å². The largest absolute Gasteiger partial charge is 0.492 e. The van der Waals surface area contributed by atoms with Crippen molar-refractivity contribution < 1.29 is 28.9 Å². The second-order valence-corrected chi connectivity index (χ2v) is 6.05. The van der Waals surface area contributed by atoms with E-state index in [0.29, 0.717) is 13.2 Å². The summed E-state index contributed by atoms with van der Waals surface area (Å²) in [6.45, 7) is 8.61. The van der Waals surface area contributed by atoms with Gasteiger partial charge < -0.3 is 19.3 Å². The predicted molar refractivity (Wildman–Crippen MR) is 85.4 cm³/mol. The van der Waals surface area contributed by atoms with E-state index < -0.39 is 11.9 Å². The lowest BCUT2D eigenvalue weighted by molar-refractivity contribution is 0.0595. The average molecular weight is 324 g/mol. The van der Waals surface area contributed by atoms with E-state index in [1.165, 1.54) is 19.2 Å². The summed E-state index contributed by atoms with van der Waals surface area (Å²) in [5, 5.41) is 9.35. The normalized spacial score (nSPS) is 10.7. The van der Waals surface area contributed by atoms with Crippen molar-refractivity contribution in [3.63, 3.8) is 0 Å². The molecule has 0 saturated carbocycles. The Hall–Kier alpha value is -2.24. The van der Waals surface area contributed by atoms with Gasteiger partial charge >= 0.3 is 11.9 Å². The van der Waals surface area contributed by atoms with Gasteiger partial charge in [-0.05, 0) is 17.9 Å². The van der Waals surface area contributed by atoms with Crippen LogP contribution in [0, 0.1) is 11.8 Å². The number of hydrogen-bond donors (Lipinski definition) is 1. The molecule has 1 aromatic carbocycles. The number of benzene rings is 1. The topological polar surface area (TPSA) is 82.1 Å². The Balaban J connectivity index is 3.30. The van der Waals surface area contributed by atoms with Crippen molar-refractivity contribution >= 4 is 11.9 Å². The second kappa shape index (κ2) is 8.41. The van der Waals surface area contributed by atoms with Crippen LogP contribution < -0.4 is 9.47 Å². The first kappa shape index (κ1) is 18.8. The number of ether oxygens (including phenoxy) is 3. The molecule has 0 radical (unpaired) electrons. The zero-order chi connectivity index (χ0) is 17.6. The lowest BCUT2D eigenvalue weighted by atomic mass is 10.1. The highest BCUT2D eigenvalue weighted by atomic mass is 16.5. The van der Waals surface area contributed by atoms with Crippen molar-refractivity contribution in [1.29, 1.82) is 0 Å². The van der Waals surface area contributed by atoms with Gasteiger partial charge in [-0.3, -0.25) is 0 Å². The fourth-order valence-electron chi connectivity index (χ4n) is 1.75. The fraction of sp³-hybridized carbons (Fsp3) is 0.529. The number of carboxylic acid groups (broad SMARTS) is 1. The van der Waals surface area contributed by atoms with E-state index in [1.807, 2.05) is 27.7 Å². The molecule has 0 aliphatic carbocycles. The Morgan fingerprint density at radius 2 is 1.43 bits per heavy atom. The number of hydrogen-bond acceptors (Lipinski definition) is 5. The van der Waals surface area contributed by atoms with Crippen LogP contribution in [-0.4, -0.2) is 37.4 Å². The Bertz CT molecular complexity index is 562. The van der Waals surface area contributed by atoms with Crippen LogP contribution in [0.4, 0.5) is 0 Å². The molecule has 6 nitrogen and oxygen atoms in total. The molecule has 0 aliphatic heterocycles. The quantitative estimate of drug-likeness (QED) is 0.739. The number of methoxy groups -OCH3 is 1. The van der Waals surface area contributed by atoms with E-state index in [1.54, 1.807) is 0 Å². The number of esters is 1. The van der Waals surface area contributed by atoms with E-state index in [9.17, 15) is 14.7 Å². The van der Waals surface area contributed by atoms with Crippen LogP contribution in [0.1, 0.15) is 48.4 Å². The molecule has 0 saturated heterocycles. The minimum Gasteiger partial charge on any atom is -0.492 e. The molecule has 0 amide bonds. The highest BCUT2D eigenvalue weighted by Gasteiger charge is 2.22. The molecule has 1 N–H and O–H groups in total. The first-order chi connectivity index (χ1) is 10.8. The third-order valence-electron chi connectivity index (χ3n) is 2.86. The molecular formula is C17H24O6. The van der Waals surface area contributed by atoms with E-state index >= 15 is 0 Å². The molecular weight excluding hydrogens is 300 g/mol. The Morgan fingerprint density at radius 3 is 1.83 bits per heavy atom. The highest BCUT2D eigenvalue weighted by Crippen LogP contribution is 2.31. The number of aromatic carboxylic acids is 1. The first-order valence-electron chi connectivity index (χ1n) is 7.51. The maximum Gasteiger partial charge on any atom is 0.341 e. The van der Waals surface area contributed by atoms with E-state index in [4.69, 9.17) is 14.2 Å². The third kappa shape index (κ3) is 5.47. The minimum absolute atomic E-state index is 0.0717. The predicted octanol–water partition coefficient (Wildman–Crippen LogP) is 3.24. The second-order valence-electron chi connectivity index (χ2n) is 6.05. The van der Waals surface area contributed by atoms with Crippen molar-refractivity contribution in [3.05, 3.63) is 23.3 Å². The smallest absolute Gasteiger partial charge is 0.341 e. The standard InChI is InChI=1S/C17H24O6/c1-10(2)8-22-14-7-15(23-9-11(3)4)13(17(20)21-5)6-12(14)16(18)19/h6-7,10-11H,8-9H2,1-5H3,(H,18,19). The molecule has 128 valence electrons. The average Bonchev–Trinajstić information content (AvgIpc) is 2.49. The Labute approximate surface area is 136 Å². The van der Waals surface area contributed by atoms with Crippen LogP contribution in [0.15, 0.2) is 12.1 Å². The monoisotopic (exact) mass is 324 g/mol. The molecule has 0 unspecified atom stereocenters. The molecule has 1 aromatic rings. The van der Waals surface area contributed by atoms with Gasteiger partial charge in [0.25, 0.3) is 0 Å². The maximum atomic E-state index is 11.9. The third-order valence-corrected chi connectivity index (χ3v) is 2.86. The van der Waals surface area contributed by atoms with Gasteiger partial charge in [-0.25, -0.2) is 9.59 Å². The summed E-state index contributed by atoms with van der Waals surface area (Å²) in [5.41, 5.74) is -0.0228. The van der Waals surface area contributed by atoms with Gasteiger partial charge in [-0.15, -0.1) is 0 Å². The van der Waals surface area contributed by atoms with Crippen molar-refractivity contribution in [1.82, 2.24) is 0 Å². The summed E-state index contributed by atoms with van der Waals surface area (Å²) >= 11 is 0. The Kier molecular flexibility index (Phi) is 6.88. The van der Waals surface area contributed by atoms with Crippen LogP contribution >= 0.6 is 0 Å². The summed E-state index contributed by atoms with van der Waals surface area (Å²) in [7, 11) is 1.23. The molecule has 0 atom stereocenters. The molecule has 0 spiro atoms. The SMILES string of the molecule is COC(=O)c1cc(C(=O)O)c(OCC(C)C)cc1OCC(C)C. The van der Waals surface area contributed by atoms with Gasteiger partial charge in [0.1, 0.15) is 22.6 Å². The van der Waals surface area contributed by atoms with Crippen molar-refractivity contribution in [2.75, 3.05) is 20.3 Å². The maximum absolute atomic E-state index is 11.9. The molecule has 1 rings (SSSR count). The molecule has 0 aromatic heterocycles. The Morgan fingerprint density at radius 1 is 0.957 bits per heavy atom. The molecule has 0 heterocycles. The molecule has 0 fully saturated rings. The summed E-state index contributed by atoms with van der Waals surface area (Å²) < 4.78 is 15.9. The highest BCUT2D eigenvalue weighted by molar-refractivity contribution is 5.98. The van der Waals surface area contributed by atoms with Gasteiger partial charge in [0.15, 0.2) is 0 Å². The number of carbonyl (C=O) groups is 2. The molecule has 6 heteroatoms. The van der Waals surface area contributed by atoms with E-state index in [2.05, 4.69) is 0 Å². The zero-order valence-corrected chi connectivity index (χ0v) is 14.2. The van der Waals surface area contributed by atoms with Crippen molar-refractivity contribution in [2.24, 2.45) is 11.8 Å². The van der Waals surface area contributed by atoms with Crippen molar-refractivity contribution in [3.8, 4) is 11.5 Å². The van der Waals surface area contributed by atoms with E-state index in [-0.39, 0.29) is 34.5 Å². The lowest BCUT2D eigenvalue weighted by Crippen LogP contribution is -2.14. The van der Waals surface area contributed by atoms with Crippen LogP contribution in [0.2, 0.25) is 0 Å². The van der Waals surface area contributed by atoms with Crippen LogP contribution in [0.3, 0.4) is 0 Å². The molecule has 23 heavy (non-hydrogen) atoms. The van der Waals surface area contributed by atoms with E-state index in [0.717, 1.165) is 0 Å². The van der Waals surface area contributed by atoms with Gasteiger partial charge in [0.05, 0.1) is 20.3 Å². The number of carbonyl (C=O) groups excluding carboxylic acids is 1.